The van der Waals surface area contributed by atoms with E-state index in [1.54, 1.807) is 0 Å². The van der Waals surface area contributed by atoms with Crippen LogP contribution in [-0.4, -0.2) is 29.5 Å². The number of epoxide rings is 1. The van der Waals surface area contributed by atoms with Crippen LogP contribution in [0.1, 0.15) is 0 Å². The Kier molecular flexibility index (Phi) is 2.30. The number of hydrogen-bond acceptors (Lipinski definition) is 5. The smallest absolute Gasteiger partial charge is 0.247 e. The number of aromatic nitrogens is 2. The molecule has 1 aromatic heterocycles. The van der Waals surface area contributed by atoms with Crippen molar-refractivity contribution in [2.75, 3.05) is 13.2 Å². The fraction of sp³-hybridized carbons (Fsp3) is 0.273. The maximum atomic E-state index is 5.55. The van der Waals surface area contributed by atoms with Gasteiger partial charge in [0.05, 0.1) is 6.61 Å². The topological polar surface area (TPSA) is 60.7 Å². The van der Waals surface area contributed by atoms with Crippen molar-refractivity contribution >= 4 is 0 Å². The van der Waals surface area contributed by atoms with Crippen LogP contribution in [0.2, 0.25) is 0 Å². The Hall–Kier alpha value is -1.88. The number of ether oxygens (including phenoxy) is 2. The molecule has 1 aromatic carbocycles. The summed E-state index contributed by atoms with van der Waals surface area (Å²) in [6.45, 7) is 1.39. The molecule has 0 N–H and O–H groups in total. The summed E-state index contributed by atoms with van der Waals surface area (Å²) >= 11 is 0. The summed E-state index contributed by atoms with van der Waals surface area (Å²) in [6.07, 6.45) is 1.56. The van der Waals surface area contributed by atoms with E-state index in [1.807, 2.05) is 24.3 Å². The summed E-state index contributed by atoms with van der Waals surface area (Å²) in [6, 6.07) is 7.55. The molecule has 2 heterocycles. The Morgan fingerprint density at radius 3 is 3.12 bits per heavy atom. The van der Waals surface area contributed by atoms with Crippen LogP contribution in [0.4, 0.5) is 0 Å². The molecule has 0 radical (unpaired) electrons. The highest BCUT2D eigenvalue weighted by atomic mass is 16.6. The fourth-order valence-corrected chi connectivity index (χ4v) is 1.37. The quantitative estimate of drug-likeness (QED) is 0.728. The maximum absolute atomic E-state index is 5.55. The van der Waals surface area contributed by atoms with Crippen molar-refractivity contribution in [3.8, 4) is 17.2 Å². The van der Waals surface area contributed by atoms with Gasteiger partial charge >= 0.3 is 0 Å². The lowest BCUT2D eigenvalue weighted by molar-refractivity contribution is 0.263. The molecule has 0 amide bonds. The summed E-state index contributed by atoms with van der Waals surface area (Å²) in [7, 11) is 0. The van der Waals surface area contributed by atoms with Gasteiger partial charge in [0.2, 0.25) is 12.3 Å². The van der Waals surface area contributed by atoms with E-state index in [1.165, 1.54) is 6.39 Å². The van der Waals surface area contributed by atoms with Crippen LogP contribution in [0.15, 0.2) is 35.1 Å². The number of benzene rings is 1. The number of nitrogens with zero attached hydrogens (tertiary/aromatic N) is 2. The van der Waals surface area contributed by atoms with Crippen molar-refractivity contribution in [1.29, 1.82) is 0 Å². The predicted octanol–water partition coefficient (Wildman–Crippen LogP) is 1.51. The van der Waals surface area contributed by atoms with E-state index in [9.17, 15) is 0 Å². The van der Waals surface area contributed by atoms with Crippen LogP contribution in [0.5, 0.6) is 5.75 Å². The standard InChI is InChI=1S/C11H10N2O3/c1-2-8(11-13-12-7-16-11)4-9(3-1)14-5-10-6-15-10/h1-4,7,10H,5-6H2. The minimum atomic E-state index is 0.257. The Labute approximate surface area is 92.0 Å². The molecule has 0 aliphatic carbocycles. The van der Waals surface area contributed by atoms with Crippen LogP contribution in [-0.2, 0) is 4.74 Å². The van der Waals surface area contributed by atoms with E-state index in [0.717, 1.165) is 17.9 Å². The zero-order valence-electron chi connectivity index (χ0n) is 8.50. The minimum Gasteiger partial charge on any atom is -0.491 e. The number of hydrogen-bond donors (Lipinski definition) is 0. The molecule has 0 saturated carbocycles. The molecule has 3 rings (SSSR count). The highest BCUT2D eigenvalue weighted by Gasteiger charge is 2.23. The van der Waals surface area contributed by atoms with E-state index in [4.69, 9.17) is 13.9 Å². The molecular weight excluding hydrogens is 208 g/mol. The molecule has 2 aromatic rings. The first-order chi connectivity index (χ1) is 7.92. The lowest BCUT2D eigenvalue weighted by Crippen LogP contribution is -2.03. The van der Waals surface area contributed by atoms with Crippen molar-refractivity contribution < 1.29 is 13.9 Å². The van der Waals surface area contributed by atoms with Crippen LogP contribution in [0.25, 0.3) is 11.5 Å². The van der Waals surface area contributed by atoms with E-state index in [-0.39, 0.29) is 6.10 Å². The number of rotatable bonds is 4. The molecule has 16 heavy (non-hydrogen) atoms. The minimum absolute atomic E-state index is 0.257. The van der Waals surface area contributed by atoms with E-state index in [2.05, 4.69) is 10.2 Å². The summed E-state index contributed by atoms with van der Waals surface area (Å²) in [5, 5.41) is 7.47. The van der Waals surface area contributed by atoms with Gasteiger partial charge in [-0.25, -0.2) is 0 Å². The molecule has 1 unspecified atom stereocenters. The molecule has 82 valence electrons. The van der Waals surface area contributed by atoms with E-state index in [0.29, 0.717) is 12.5 Å². The van der Waals surface area contributed by atoms with Crippen molar-refractivity contribution in [2.45, 2.75) is 6.10 Å². The monoisotopic (exact) mass is 218 g/mol. The van der Waals surface area contributed by atoms with Gasteiger partial charge in [-0.2, -0.15) is 0 Å². The van der Waals surface area contributed by atoms with Gasteiger partial charge in [-0.3, -0.25) is 0 Å². The lowest BCUT2D eigenvalue weighted by atomic mass is 10.2. The molecule has 1 aliphatic heterocycles. The lowest BCUT2D eigenvalue weighted by Gasteiger charge is -2.04. The third-order valence-electron chi connectivity index (χ3n) is 2.28. The highest BCUT2D eigenvalue weighted by molar-refractivity contribution is 5.55. The van der Waals surface area contributed by atoms with Crippen LogP contribution in [0.3, 0.4) is 0 Å². The Morgan fingerprint density at radius 1 is 1.44 bits per heavy atom. The summed E-state index contributed by atoms with van der Waals surface area (Å²) in [5.74, 6) is 1.28. The largest absolute Gasteiger partial charge is 0.491 e. The first kappa shape index (κ1) is 9.35. The van der Waals surface area contributed by atoms with Gasteiger partial charge in [0.1, 0.15) is 18.5 Å². The zero-order chi connectivity index (χ0) is 10.8. The van der Waals surface area contributed by atoms with Crippen LogP contribution >= 0.6 is 0 Å². The SMILES string of the molecule is c1cc(OCC2CO2)cc(-c2nnco2)c1. The molecular formula is C11H10N2O3. The van der Waals surface area contributed by atoms with Gasteiger partial charge < -0.3 is 13.9 Å². The van der Waals surface area contributed by atoms with Crippen LogP contribution in [0, 0.1) is 0 Å². The average molecular weight is 218 g/mol. The second-order valence-electron chi connectivity index (χ2n) is 3.54. The molecule has 0 bridgehead atoms. The fourth-order valence-electron chi connectivity index (χ4n) is 1.37. The second-order valence-corrected chi connectivity index (χ2v) is 3.54. The molecule has 1 saturated heterocycles. The van der Waals surface area contributed by atoms with Crippen molar-refractivity contribution in [2.24, 2.45) is 0 Å². The van der Waals surface area contributed by atoms with Crippen LogP contribution < -0.4 is 4.74 Å². The van der Waals surface area contributed by atoms with Gasteiger partial charge in [0, 0.05) is 5.56 Å². The molecule has 5 nitrogen and oxygen atoms in total. The van der Waals surface area contributed by atoms with Gasteiger partial charge in [-0.15, -0.1) is 10.2 Å². The van der Waals surface area contributed by atoms with Gasteiger partial charge in [0.25, 0.3) is 0 Å². The van der Waals surface area contributed by atoms with Gasteiger partial charge in [-0.1, -0.05) is 6.07 Å². The predicted molar refractivity (Wildman–Crippen MR) is 55.0 cm³/mol. The molecule has 1 aliphatic rings. The Bertz CT molecular complexity index is 466. The summed E-state index contributed by atoms with van der Waals surface area (Å²) in [4.78, 5) is 0. The first-order valence-corrected chi connectivity index (χ1v) is 5.03. The Morgan fingerprint density at radius 2 is 2.38 bits per heavy atom. The summed E-state index contributed by atoms with van der Waals surface area (Å²) < 4.78 is 15.7. The molecule has 1 fully saturated rings. The zero-order valence-corrected chi connectivity index (χ0v) is 8.50. The van der Waals surface area contributed by atoms with Crippen molar-refractivity contribution in [3.05, 3.63) is 30.7 Å². The third-order valence-corrected chi connectivity index (χ3v) is 2.28. The molecule has 0 spiro atoms. The average Bonchev–Trinajstić information content (AvgIpc) is 2.99. The second kappa shape index (κ2) is 3.94. The molecule has 5 heteroatoms. The normalized spacial score (nSPS) is 18.4. The maximum Gasteiger partial charge on any atom is 0.247 e. The first-order valence-electron chi connectivity index (χ1n) is 5.03. The van der Waals surface area contributed by atoms with Gasteiger partial charge in [0.15, 0.2) is 0 Å². The highest BCUT2D eigenvalue weighted by Crippen LogP contribution is 2.22. The van der Waals surface area contributed by atoms with E-state index >= 15 is 0 Å². The van der Waals surface area contributed by atoms with Crippen molar-refractivity contribution in [3.63, 3.8) is 0 Å². The summed E-state index contributed by atoms with van der Waals surface area (Å²) in [5.41, 5.74) is 0.853. The third kappa shape index (κ3) is 2.04. The Balaban J connectivity index is 1.76. The molecule has 1 atom stereocenters. The van der Waals surface area contributed by atoms with Crippen molar-refractivity contribution in [1.82, 2.24) is 10.2 Å². The van der Waals surface area contributed by atoms with Gasteiger partial charge in [-0.05, 0) is 18.2 Å². The van der Waals surface area contributed by atoms with E-state index < -0.39 is 0 Å².